The zero-order valence-corrected chi connectivity index (χ0v) is 34.4. The summed E-state index contributed by atoms with van der Waals surface area (Å²) < 4.78 is 6.93. The third kappa shape index (κ3) is 7.17. The lowest BCUT2D eigenvalue weighted by Gasteiger charge is -2.18. The molecule has 10 rings (SSSR count). The van der Waals surface area contributed by atoms with E-state index in [1.807, 2.05) is 25.1 Å². The number of aliphatic imine (C=N–C) groups is 1. The number of hydrogen-bond acceptors (Lipinski definition) is 2. The van der Waals surface area contributed by atoms with Gasteiger partial charge in [0.05, 0.1) is 6.04 Å². The zero-order valence-electron chi connectivity index (χ0n) is 34.4. The van der Waals surface area contributed by atoms with Crippen molar-refractivity contribution < 1.29 is 4.42 Å². The number of rotatable bonds is 6. The fraction of sp³-hybridized carbons (Fsp3) is 0.179. The summed E-state index contributed by atoms with van der Waals surface area (Å²) in [6.07, 6.45) is 6.72. The quantitative estimate of drug-likeness (QED) is 0.123. The zero-order chi connectivity index (χ0) is 40.2. The second-order valence-electron chi connectivity index (χ2n) is 15.4. The van der Waals surface area contributed by atoms with Gasteiger partial charge in [0.15, 0.2) is 5.42 Å². The van der Waals surface area contributed by atoms with E-state index in [0.717, 1.165) is 46.3 Å². The highest BCUT2D eigenvalue weighted by atomic mass is 16.3. The molecule has 286 valence electrons. The lowest BCUT2D eigenvalue weighted by atomic mass is 9.85. The van der Waals surface area contributed by atoms with Crippen LogP contribution >= 0.6 is 0 Å². The third-order valence-electron chi connectivity index (χ3n) is 11.5. The molecule has 9 aromatic rings. The minimum absolute atomic E-state index is 0.0717. The number of aryl methyl sites for hydroxylation is 1. The second-order valence-corrected chi connectivity index (χ2v) is 15.4. The van der Waals surface area contributed by atoms with Crippen molar-refractivity contribution >= 4 is 71.1 Å². The Kier molecular flexibility index (Phi) is 11.2. The van der Waals surface area contributed by atoms with Gasteiger partial charge in [-0.25, -0.2) is 0 Å². The van der Waals surface area contributed by atoms with Gasteiger partial charge < -0.3 is 4.42 Å². The molecule has 1 unspecified atom stereocenters. The molecule has 1 heterocycles. The highest BCUT2D eigenvalue weighted by Gasteiger charge is 2.25. The Hall–Kier alpha value is -6.47. The van der Waals surface area contributed by atoms with Crippen LogP contribution in [0.15, 0.2) is 168 Å². The van der Waals surface area contributed by atoms with Crippen molar-refractivity contribution in [2.45, 2.75) is 66.3 Å². The molecular formula is C56H51NO. The van der Waals surface area contributed by atoms with Gasteiger partial charge in [-0.2, -0.15) is 0 Å². The van der Waals surface area contributed by atoms with Gasteiger partial charge in [0.1, 0.15) is 5.58 Å². The van der Waals surface area contributed by atoms with Gasteiger partial charge in [0.25, 0.3) is 0 Å². The Balaban J connectivity index is 0.000000312. The number of nitrogens with zero attached hydrogens (tertiary/aromatic N) is 1. The first-order valence-corrected chi connectivity index (χ1v) is 20.8. The predicted molar refractivity (Wildman–Crippen MR) is 252 cm³/mol. The van der Waals surface area contributed by atoms with Gasteiger partial charge in [-0.05, 0) is 94.3 Å². The van der Waals surface area contributed by atoms with Gasteiger partial charge in [-0.3, -0.25) is 4.99 Å². The Morgan fingerprint density at radius 1 is 0.638 bits per heavy atom. The molecule has 0 N–H and O–H groups in total. The molecule has 1 atom stereocenters. The fourth-order valence-corrected chi connectivity index (χ4v) is 8.42. The Morgan fingerprint density at radius 2 is 1.21 bits per heavy atom. The van der Waals surface area contributed by atoms with Crippen molar-refractivity contribution in [3.05, 3.63) is 186 Å². The molecule has 58 heavy (non-hydrogen) atoms. The Labute approximate surface area is 342 Å². The van der Waals surface area contributed by atoms with E-state index >= 15 is 0 Å². The van der Waals surface area contributed by atoms with Crippen molar-refractivity contribution in [2.75, 3.05) is 0 Å². The van der Waals surface area contributed by atoms with E-state index in [4.69, 9.17) is 9.41 Å². The summed E-state index contributed by atoms with van der Waals surface area (Å²) in [6.45, 7) is 14.5. The Morgan fingerprint density at radius 3 is 1.84 bits per heavy atom. The molecule has 0 aliphatic heterocycles. The first kappa shape index (κ1) is 38.4. The highest BCUT2D eigenvalue weighted by molar-refractivity contribution is 6.35. The maximum Gasteiger partial charge on any atom is 0.177 e. The average molecular weight is 754 g/mol. The van der Waals surface area contributed by atoms with E-state index < -0.39 is 0 Å². The summed E-state index contributed by atoms with van der Waals surface area (Å²) in [7, 11) is 0. The van der Waals surface area contributed by atoms with E-state index in [2.05, 4.69) is 173 Å². The molecule has 0 saturated heterocycles. The molecular weight excluding hydrogens is 703 g/mol. The van der Waals surface area contributed by atoms with Crippen LogP contribution in [0.25, 0.3) is 76.5 Å². The molecule has 2 nitrogen and oxygen atoms in total. The van der Waals surface area contributed by atoms with Crippen LogP contribution in [0.2, 0.25) is 0 Å². The van der Waals surface area contributed by atoms with Crippen LogP contribution in [0.3, 0.4) is 0 Å². The number of allylic oxidation sites excluding steroid dienone is 2. The number of furan rings is 1. The maximum absolute atomic E-state index is 6.93. The van der Waals surface area contributed by atoms with Gasteiger partial charge in [0, 0.05) is 33.0 Å². The summed E-state index contributed by atoms with van der Waals surface area (Å²) in [5, 5.41) is 11.2. The molecule has 8 aromatic carbocycles. The van der Waals surface area contributed by atoms with Crippen LogP contribution in [-0.4, -0.2) is 5.71 Å². The van der Waals surface area contributed by atoms with E-state index in [9.17, 15) is 0 Å². The minimum atomic E-state index is 0.0717. The molecule has 0 bridgehead atoms. The standard InChI is InChI=1S/C43H31NO.C9H10.C4H10/c1-26(28-14-4-3-5-15-28)44-27(2)29-24-25-37(31-17-7-6-16-30(29)31)40-36-22-11-10-21-35(36)39-33-19-9-8-18-32(33)34-20-12-13-23-38-41(34)42(39)43(40)45-38;1-8(2)9-6-4-3-5-7-9;1-3-4-2/h3-11,13-19,21-22,24-26H,12,20H2,1-2H3;3-7H,1H2,2H3;3-4H2,1-2H3. The number of fused-ring (bicyclic) bond motifs is 6. The maximum atomic E-state index is 6.93. The number of benzene rings is 8. The summed E-state index contributed by atoms with van der Waals surface area (Å²) in [5.74, 6) is 0. The molecule has 0 saturated carbocycles. The van der Waals surface area contributed by atoms with Crippen LogP contribution < -0.4 is 5.42 Å². The van der Waals surface area contributed by atoms with Crippen LogP contribution in [0, 0.1) is 0 Å². The topological polar surface area (TPSA) is 25.5 Å². The van der Waals surface area contributed by atoms with Crippen LogP contribution in [0.1, 0.15) is 82.2 Å². The summed E-state index contributed by atoms with van der Waals surface area (Å²) in [6, 6.07) is 51.7. The molecule has 1 aliphatic carbocycles. The lowest BCUT2D eigenvalue weighted by molar-refractivity contribution is 0.586. The minimum Gasteiger partial charge on any atom is -0.447 e. The third-order valence-corrected chi connectivity index (χ3v) is 11.5. The average Bonchev–Trinajstić information content (AvgIpc) is 3.51. The van der Waals surface area contributed by atoms with E-state index in [0.29, 0.717) is 0 Å². The van der Waals surface area contributed by atoms with Crippen LogP contribution in [0.4, 0.5) is 0 Å². The van der Waals surface area contributed by atoms with Crippen molar-refractivity contribution in [3.63, 3.8) is 0 Å². The van der Waals surface area contributed by atoms with Gasteiger partial charge in [-0.15, -0.1) is 0 Å². The fourth-order valence-electron chi connectivity index (χ4n) is 8.42. The summed E-state index contributed by atoms with van der Waals surface area (Å²) >= 11 is 0. The Bertz CT molecular complexity index is 3050. The monoisotopic (exact) mass is 753 g/mol. The SMILES string of the molecule is C=C(C)c1ccccc1.CC(=NC(C)c1ccccc1)c1ccc(-c2c3ccccc3c3c4ccccc4c4c5c(oc2c53)=C=CCC4)c2ccccc12.CCCC. The first-order valence-electron chi connectivity index (χ1n) is 20.8. The van der Waals surface area contributed by atoms with Crippen molar-refractivity contribution in [3.8, 4) is 11.1 Å². The first-order chi connectivity index (χ1) is 28.4. The molecule has 0 amide bonds. The molecule has 0 radical (unpaired) electrons. The molecule has 2 heteroatoms. The number of hydrogen-bond donors (Lipinski definition) is 0. The molecule has 1 aromatic heterocycles. The normalized spacial score (nSPS) is 12.8. The van der Waals surface area contributed by atoms with Gasteiger partial charge >= 0.3 is 0 Å². The molecule has 0 fully saturated rings. The van der Waals surface area contributed by atoms with Crippen molar-refractivity contribution in [1.82, 2.24) is 0 Å². The lowest BCUT2D eigenvalue weighted by Crippen LogP contribution is -2.01. The predicted octanol–water partition coefficient (Wildman–Crippen LogP) is 15.4. The van der Waals surface area contributed by atoms with Crippen LogP contribution in [-0.2, 0) is 6.42 Å². The largest absolute Gasteiger partial charge is 0.447 e. The van der Waals surface area contributed by atoms with Crippen molar-refractivity contribution in [2.24, 2.45) is 4.99 Å². The van der Waals surface area contributed by atoms with E-state index in [1.165, 1.54) is 83.6 Å². The van der Waals surface area contributed by atoms with E-state index in [1.54, 1.807) is 0 Å². The highest BCUT2D eigenvalue weighted by Crippen LogP contribution is 2.48. The summed E-state index contributed by atoms with van der Waals surface area (Å²) in [4.78, 5) is 5.16. The summed E-state index contributed by atoms with van der Waals surface area (Å²) in [5.41, 5.74) is 14.8. The number of unbranched alkanes of at least 4 members (excludes halogenated alkanes) is 1. The second kappa shape index (κ2) is 16.9. The molecule has 1 aliphatic rings. The smallest absolute Gasteiger partial charge is 0.177 e. The van der Waals surface area contributed by atoms with Crippen molar-refractivity contribution in [1.29, 1.82) is 0 Å². The van der Waals surface area contributed by atoms with Crippen LogP contribution in [0.5, 0.6) is 0 Å². The van der Waals surface area contributed by atoms with E-state index in [-0.39, 0.29) is 6.04 Å². The van der Waals surface area contributed by atoms with Gasteiger partial charge in [0.2, 0.25) is 0 Å². The van der Waals surface area contributed by atoms with Gasteiger partial charge in [-0.1, -0.05) is 190 Å². The molecule has 0 spiro atoms.